The summed E-state index contributed by atoms with van der Waals surface area (Å²) in [6.07, 6.45) is 1.19. The first-order chi connectivity index (χ1) is 11.1. The molecule has 2 aromatic rings. The van der Waals surface area contributed by atoms with Crippen LogP contribution in [0.4, 0.5) is 4.79 Å². The molecule has 1 amide bonds. The molecule has 1 N–H and O–H groups in total. The van der Waals surface area contributed by atoms with Gasteiger partial charge in [0.2, 0.25) is 0 Å². The van der Waals surface area contributed by atoms with Crippen LogP contribution in [0, 0.1) is 0 Å². The predicted molar refractivity (Wildman–Crippen MR) is 86.0 cm³/mol. The maximum absolute atomic E-state index is 12.3. The fourth-order valence-electron chi connectivity index (χ4n) is 3.12. The van der Waals surface area contributed by atoms with E-state index in [-0.39, 0.29) is 17.8 Å². The van der Waals surface area contributed by atoms with Gasteiger partial charge in [-0.1, -0.05) is 0 Å². The number of amides is 1. The van der Waals surface area contributed by atoms with Gasteiger partial charge in [0.1, 0.15) is 5.75 Å². The number of imidazole rings is 1. The predicted octanol–water partition coefficient (Wildman–Crippen LogP) is 2.13. The van der Waals surface area contributed by atoms with E-state index < -0.39 is 0 Å². The molecule has 0 aliphatic carbocycles. The van der Waals surface area contributed by atoms with Gasteiger partial charge < -0.3 is 19.4 Å². The Hall–Kier alpha value is -2.44. The lowest BCUT2D eigenvalue weighted by molar-refractivity contribution is 0.0928. The highest BCUT2D eigenvalue weighted by atomic mass is 16.6. The van der Waals surface area contributed by atoms with Crippen LogP contribution in [0.1, 0.15) is 25.8 Å². The molecule has 1 aromatic carbocycles. The van der Waals surface area contributed by atoms with Crippen molar-refractivity contribution in [3.63, 3.8) is 0 Å². The number of fused-ring (bicyclic) bond motifs is 1. The van der Waals surface area contributed by atoms with Gasteiger partial charge in [0.05, 0.1) is 24.8 Å². The molecule has 0 radical (unpaired) electrons. The van der Waals surface area contributed by atoms with Crippen molar-refractivity contribution in [2.75, 3.05) is 26.8 Å². The smallest absolute Gasteiger partial charge is 0.409 e. The average Bonchev–Trinajstić information content (AvgIpc) is 2.90. The molecule has 124 valence electrons. The molecule has 1 saturated heterocycles. The number of H-pyrrole nitrogens is 1. The third-order valence-corrected chi connectivity index (χ3v) is 4.28. The Morgan fingerprint density at radius 1 is 1.35 bits per heavy atom. The molecule has 0 atom stereocenters. The van der Waals surface area contributed by atoms with Crippen molar-refractivity contribution in [2.45, 2.75) is 25.8 Å². The Balaban J connectivity index is 1.81. The van der Waals surface area contributed by atoms with Gasteiger partial charge >= 0.3 is 11.8 Å². The van der Waals surface area contributed by atoms with Crippen LogP contribution in [0.25, 0.3) is 11.0 Å². The highest BCUT2D eigenvalue weighted by molar-refractivity contribution is 5.77. The summed E-state index contributed by atoms with van der Waals surface area (Å²) in [5.41, 5.74) is 1.51. The lowest BCUT2D eigenvalue weighted by Gasteiger charge is -2.31. The molecule has 0 unspecified atom stereocenters. The number of rotatable bonds is 3. The highest BCUT2D eigenvalue weighted by Gasteiger charge is 2.26. The van der Waals surface area contributed by atoms with Crippen molar-refractivity contribution in [2.24, 2.45) is 0 Å². The number of likely N-dealkylation sites (tertiary alicyclic amines) is 1. The molecule has 1 aromatic heterocycles. The summed E-state index contributed by atoms with van der Waals surface area (Å²) in [6.45, 7) is 3.37. The van der Waals surface area contributed by atoms with Crippen molar-refractivity contribution in [1.82, 2.24) is 14.5 Å². The van der Waals surface area contributed by atoms with Gasteiger partial charge in [-0.3, -0.25) is 4.57 Å². The van der Waals surface area contributed by atoms with E-state index in [2.05, 4.69) is 4.98 Å². The van der Waals surface area contributed by atoms with Crippen LogP contribution in [0.3, 0.4) is 0 Å². The number of aromatic amines is 1. The maximum atomic E-state index is 12.3. The fourth-order valence-corrected chi connectivity index (χ4v) is 3.12. The van der Waals surface area contributed by atoms with Gasteiger partial charge in [0.15, 0.2) is 0 Å². The molecule has 1 fully saturated rings. The number of carbonyl (C=O) groups is 1. The Morgan fingerprint density at radius 3 is 2.74 bits per heavy atom. The van der Waals surface area contributed by atoms with Crippen molar-refractivity contribution in [1.29, 1.82) is 0 Å². The lowest BCUT2D eigenvalue weighted by Crippen LogP contribution is -2.40. The number of hydrogen-bond acceptors (Lipinski definition) is 4. The second kappa shape index (κ2) is 6.36. The third-order valence-electron chi connectivity index (χ3n) is 4.28. The zero-order chi connectivity index (χ0) is 16.4. The van der Waals surface area contributed by atoms with E-state index in [9.17, 15) is 9.59 Å². The molecule has 7 nitrogen and oxygen atoms in total. The number of methoxy groups -OCH3 is 1. The Bertz CT molecular complexity index is 756. The van der Waals surface area contributed by atoms with Gasteiger partial charge in [-0.25, -0.2) is 9.59 Å². The van der Waals surface area contributed by atoms with Gasteiger partial charge in [-0.2, -0.15) is 0 Å². The Labute approximate surface area is 133 Å². The maximum Gasteiger partial charge on any atom is 0.409 e. The number of aromatic nitrogens is 2. The summed E-state index contributed by atoms with van der Waals surface area (Å²) in [7, 11) is 1.60. The quantitative estimate of drug-likeness (QED) is 0.940. The van der Waals surface area contributed by atoms with Gasteiger partial charge in [0, 0.05) is 25.2 Å². The first-order valence-corrected chi connectivity index (χ1v) is 7.84. The minimum absolute atomic E-state index is 0.0790. The zero-order valence-corrected chi connectivity index (χ0v) is 13.4. The molecule has 3 rings (SSSR count). The van der Waals surface area contributed by atoms with Gasteiger partial charge in [-0.15, -0.1) is 0 Å². The number of hydrogen-bond donors (Lipinski definition) is 1. The van der Waals surface area contributed by atoms with Crippen LogP contribution in [0.5, 0.6) is 5.75 Å². The summed E-state index contributed by atoms with van der Waals surface area (Å²) < 4.78 is 12.0. The minimum Gasteiger partial charge on any atom is -0.497 e. The van der Waals surface area contributed by atoms with Crippen LogP contribution in [0.2, 0.25) is 0 Å². The summed E-state index contributed by atoms with van der Waals surface area (Å²) in [5, 5.41) is 0. The van der Waals surface area contributed by atoms with E-state index in [1.54, 1.807) is 23.5 Å². The largest absolute Gasteiger partial charge is 0.497 e. The highest BCUT2D eigenvalue weighted by Crippen LogP contribution is 2.26. The number of nitrogens with zero attached hydrogens (tertiary/aromatic N) is 2. The minimum atomic E-state index is -0.276. The standard InChI is InChI=1S/C16H21N3O4/c1-3-23-16(21)18-8-6-11(7-9-18)19-14-5-4-12(22-2)10-13(14)17-15(19)20/h4-5,10-11H,3,6-9H2,1-2H3,(H,17,20). The lowest BCUT2D eigenvalue weighted by atomic mass is 10.0. The molecular weight excluding hydrogens is 298 g/mol. The second-order valence-corrected chi connectivity index (χ2v) is 5.60. The Kier molecular flexibility index (Phi) is 4.27. The average molecular weight is 319 g/mol. The molecule has 1 aliphatic rings. The fraction of sp³-hybridized carbons (Fsp3) is 0.500. The first kappa shape index (κ1) is 15.5. The van der Waals surface area contributed by atoms with Crippen LogP contribution in [0.15, 0.2) is 23.0 Å². The monoisotopic (exact) mass is 319 g/mol. The molecule has 7 heteroatoms. The van der Waals surface area contributed by atoms with Crippen molar-refractivity contribution < 1.29 is 14.3 Å². The van der Waals surface area contributed by atoms with Crippen LogP contribution >= 0.6 is 0 Å². The molecule has 0 bridgehead atoms. The molecule has 1 aliphatic heterocycles. The van der Waals surface area contributed by atoms with Crippen molar-refractivity contribution in [3.8, 4) is 5.75 Å². The summed E-state index contributed by atoms with van der Waals surface area (Å²) >= 11 is 0. The van der Waals surface area contributed by atoms with E-state index in [0.29, 0.717) is 25.4 Å². The molecular formula is C16H21N3O4. The SMILES string of the molecule is CCOC(=O)N1CCC(n2c(=O)[nH]c3cc(OC)ccc32)CC1. The molecule has 2 heterocycles. The molecule has 23 heavy (non-hydrogen) atoms. The van der Waals surface area contributed by atoms with E-state index in [0.717, 1.165) is 23.9 Å². The third kappa shape index (κ3) is 2.91. The van der Waals surface area contributed by atoms with Crippen molar-refractivity contribution >= 4 is 17.1 Å². The van der Waals surface area contributed by atoms with E-state index in [1.807, 2.05) is 18.2 Å². The van der Waals surface area contributed by atoms with Crippen molar-refractivity contribution in [3.05, 3.63) is 28.7 Å². The normalized spacial score (nSPS) is 15.8. The Morgan fingerprint density at radius 2 is 2.09 bits per heavy atom. The van der Waals surface area contributed by atoms with Gasteiger partial charge in [0.25, 0.3) is 0 Å². The van der Waals surface area contributed by atoms with Crippen LogP contribution < -0.4 is 10.4 Å². The van der Waals surface area contributed by atoms with E-state index >= 15 is 0 Å². The summed E-state index contributed by atoms with van der Waals surface area (Å²) in [6, 6.07) is 5.64. The number of piperidine rings is 1. The first-order valence-electron chi connectivity index (χ1n) is 7.84. The van der Waals surface area contributed by atoms with E-state index in [1.165, 1.54) is 0 Å². The van der Waals surface area contributed by atoms with E-state index in [4.69, 9.17) is 9.47 Å². The number of carbonyl (C=O) groups excluding carboxylic acids is 1. The topological polar surface area (TPSA) is 76.6 Å². The van der Waals surface area contributed by atoms with Gasteiger partial charge in [-0.05, 0) is 31.9 Å². The summed E-state index contributed by atoms with van der Waals surface area (Å²) in [4.78, 5) is 28.6. The van der Waals surface area contributed by atoms with Crippen LogP contribution in [-0.4, -0.2) is 47.4 Å². The number of nitrogens with one attached hydrogen (secondary N) is 1. The molecule has 0 spiro atoms. The second-order valence-electron chi connectivity index (χ2n) is 5.60. The van der Waals surface area contributed by atoms with Crippen LogP contribution in [-0.2, 0) is 4.74 Å². The summed E-state index contributed by atoms with van der Waals surface area (Å²) in [5.74, 6) is 0.711. The number of ether oxygens (including phenoxy) is 2. The number of benzene rings is 1. The zero-order valence-electron chi connectivity index (χ0n) is 13.4. The molecule has 0 saturated carbocycles.